The van der Waals surface area contributed by atoms with Crippen LogP contribution in [0.25, 0.3) is 0 Å². The molecular weight excluding hydrogens is 207 g/mol. The molecule has 0 saturated heterocycles. The van der Waals surface area contributed by atoms with Gasteiger partial charge in [0.15, 0.2) is 0 Å². The smallest absolute Gasteiger partial charge is 0.240 e. The number of halogens is 3. The molecule has 0 N–H and O–H groups in total. The van der Waals surface area contributed by atoms with Crippen LogP contribution in [-0.4, -0.2) is 20.9 Å². The predicted octanol–water partition coefficient (Wildman–Crippen LogP) is 2.66. The Morgan fingerprint density at radius 3 is 2.47 bits per heavy atom. The molecule has 0 bridgehead atoms. The van der Waals surface area contributed by atoms with Crippen molar-refractivity contribution in [3.63, 3.8) is 0 Å². The SMILES string of the molecule is CCC(C)c1nc(C)nn1CC(F)(F)F. The number of hydrogen-bond donors (Lipinski definition) is 0. The van der Waals surface area contributed by atoms with Gasteiger partial charge in [-0.15, -0.1) is 0 Å². The Labute approximate surface area is 86.3 Å². The summed E-state index contributed by atoms with van der Waals surface area (Å²) in [4.78, 5) is 4.02. The number of rotatable bonds is 3. The largest absolute Gasteiger partial charge is 0.408 e. The Kier molecular flexibility index (Phi) is 3.36. The van der Waals surface area contributed by atoms with Crippen LogP contribution in [0, 0.1) is 6.92 Å². The van der Waals surface area contributed by atoms with Gasteiger partial charge in [-0.1, -0.05) is 13.8 Å². The molecule has 0 aliphatic heterocycles. The lowest BCUT2D eigenvalue weighted by Gasteiger charge is -2.12. The van der Waals surface area contributed by atoms with E-state index in [-0.39, 0.29) is 5.92 Å². The van der Waals surface area contributed by atoms with Crippen molar-refractivity contribution in [2.45, 2.75) is 45.8 Å². The number of alkyl halides is 3. The molecule has 0 fully saturated rings. The van der Waals surface area contributed by atoms with Crippen LogP contribution in [0.2, 0.25) is 0 Å². The molecule has 0 radical (unpaired) electrons. The molecule has 15 heavy (non-hydrogen) atoms. The number of hydrogen-bond acceptors (Lipinski definition) is 2. The van der Waals surface area contributed by atoms with Crippen molar-refractivity contribution < 1.29 is 13.2 Å². The molecule has 1 rings (SSSR count). The van der Waals surface area contributed by atoms with Crippen LogP contribution in [0.4, 0.5) is 13.2 Å². The fraction of sp³-hybridized carbons (Fsp3) is 0.778. The van der Waals surface area contributed by atoms with Gasteiger partial charge in [-0.2, -0.15) is 18.3 Å². The summed E-state index contributed by atoms with van der Waals surface area (Å²) in [5.74, 6) is 0.787. The van der Waals surface area contributed by atoms with Gasteiger partial charge >= 0.3 is 6.18 Å². The minimum Gasteiger partial charge on any atom is -0.240 e. The van der Waals surface area contributed by atoms with Gasteiger partial charge in [0.1, 0.15) is 18.2 Å². The summed E-state index contributed by atoms with van der Waals surface area (Å²) in [7, 11) is 0. The van der Waals surface area contributed by atoms with Crippen molar-refractivity contribution >= 4 is 0 Å². The minimum absolute atomic E-state index is 0.00597. The van der Waals surface area contributed by atoms with Gasteiger partial charge in [0.25, 0.3) is 0 Å². The second kappa shape index (κ2) is 4.20. The summed E-state index contributed by atoms with van der Waals surface area (Å²) in [6.45, 7) is 4.29. The fourth-order valence-electron chi connectivity index (χ4n) is 1.31. The van der Waals surface area contributed by atoms with Crippen molar-refractivity contribution in [2.75, 3.05) is 0 Å². The number of nitrogens with zero attached hydrogens (tertiary/aromatic N) is 3. The van der Waals surface area contributed by atoms with Crippen LogP contribution >= 0.6 is 0 Å². The molecule has 0 aliphatic carbocycles. The van der Waals surface area contributed by atoms with Crippen LogP contribution in [0.15, 0.2) is 0 Å². The van der Waals surface area contributed by atoms with E-state index in [1.807, 2.05) is 13.8 Å². The third-order valence-electron chi connectivity index (χ3n) is 2.19. The molecule has 0 spiro atoms. The summed E-state index contributed by atoms with van der Waals surface area (Å²) < 4.78 is 37.6. The maximum atomic E-state index is 12.2. The van der Waals surface area contributed by atoms with Gasteiger partial charge < -0.3 is 0 Å². The first kappa shape index (κ1) is 12.0. The van der Waals surface area contributed by atoms with Gasteiger partial charge in [0.2, 0.25) is 0 Å². The van der Waals surface area contributed by atoms with Crippen molar-refractivity contribution in [1.82, 2.24) is 14.8 Å². The van der Waals surface area contributed by atoms with Crippen molar-refractivity contribution in [2.24, 2.45) is 0 Å². The average molecular weight is 221 g/mol. The molecule has 86 valence electrons. The first-order chi connectivity index (χ1) is 6.83. The lowest BCUT2D eigenvalue weighted by Crippen LogP contribution is -2.21. The summed E-state index contributed by atoms with van der Waals surface area (Å²) in [6.07, 6.45) is -3.50. The standard InChI is InChI=1S/C9H14F3N3/c1-4-6(2)8-13-7(3)14-15(8)5-9(10,11)12/h6H,4-5H2,1-3H3. The molecular formula is C9H14F3N3. The molecule has 0 aromatic carbocycles. The van der Waals surface area contributed by atoms with E-state index >= 15 is 0 Å². The average Bonchev–Trinajstić information content (AvgIpc) is 2.42. The molecule has 1 aromatic heterocycles. The highest BCUT2D eigenvalue weighted by Gasteiger charge is 2.30. The first-order valence-corrected chi connectivity index (χ1v) is 4.81. The molecule has 0 saturated carbocycles. The van der Waals surface area contributed by atoms with E-state index in [1.165, 1.54) is 0 Å². The van der Waals surface area contributed by atoms with Gasteiger partial charge in [-0.3, -0.25) is 0 Å². The molecule has 3 nitrogen and oxygen atoms in total. The lowest BCUT2D eigenvalue weighted by atomic mass is 10.1. The minimum atomic E-state index is -4.25. The Bertz CT molecular complexity index is 330. The van der Waals surface area contributed by atoms with Gasteiger partial charge in [-0.25, -0.2) is 9.67 Å². The summed E-state index contributed by atoms with van der Waals surface area (Å²) in [5, 5.41) is 3.75. The Hall–Kier alpha value is -1.07. The zero-order valence-corrected chi connectivity index (χ0v) is 8.97. The highest BCUT2D eigenvalue weighted by Crippen LogP contribution is 2.22. The van der Waals surface area contributed by atoms with Crippen molar-refractivity contribution in [1.29, 1.82) is 0 Å². The Morgan fingerprint density at radius 2 is 2.00 bits per heavy atom. The Morgan fingerprint density at radius 1 is 1.40 bits per heavy atom. The highest BCUT2D eigenvalue weighted by molar-refractivity contribution is 4.98. The van der Waals surface area contributed by atoms with Crippen LogP contribution in [-0.2, 0) is 6.54 Å². The van der Waals surface area contributed by atoms with Crippen molar-refractivity contribution in [3.8, 4) is 0 Å². The normalized spacial score (nSPS) is 14.3. The maximum absolute atomic E-state index is 12.2. The monoisotopic (exact) mass is 221 g/mol. The van der Waals surface area contributed by atoms with E-state index in [4.69, 9.17) is 0 Å². The maximum Gasteiger partial charge on any atom is 0.408 e. The first-order valence-electron chi connectivity index (χ1n) is 4.81. The highest BCUT2D eigenvalue weighted by atomic mass is 19.4. The molecule has 0 aliphatic rings. The third kappa shape index (κ3) is 3.21. The zero-order valence-electron chi connectivity index (χ0n) is 8.97. The van der Waals surface area contributed by atoms with E-state index in [9.17, 15) is 13.2 Å². The van der Waals surface area contributed by atoms with Crippen LogP contribution in [0.5, 0.6) is 0 Å². The van der Waals surface area contributed by atoms with E-state index in [0.717, 1.165) is 11.1 Å². The lowest BCUT2D eigenvalue weighted by molar-refractivity contribution is -0.143. The van der Waals surface area contributed by atoms with Gasteiger partial charge in [-0.05, 0) is 13.3 Å². The van der Waals surface area contributed by atoms with E-state index in [2.05, 4.69) is 10.1 Å². The second-order valence-electron chi connectivity index (χ2n) is 3.60. The molecule has 1 unspecified atom stereocenters. The number of aryl methyl sites for hydroxylation is 1. The molecule has 1 aromatic rings. The summed E-state index contributed by atoms with van der Waals surface area (Å²) in [5.41, 5.74) is 0. The third-order valence-corrected chi connectivity index (χ3v) is 2.19. The van der Waals surface area contributed by atoms with Gasteiger partial charge in [0.05, 0.1) is 0 Å². The Balaban J connectivity index is 2.96. The van der Waals surface area contributed by atoms with Gasteiger partial charge in [0, 0.05) is 5.92 Å². The fourth-order valence-corrected chi connectivity index (χ4v) is 1.31. The molecule has 1 atom stereocenters. The molecule has 0 amide bonds. The van der Waals surface area contributed by atoms with Crippen LogP contribution in [0.1, 0.15) is 37.8 Å². The molecule has 1 heterocycles. The molecule has 6 heteroatoms. The summed E-state index contributed by atoms with van der Waals surface area (Å²) >= 11 is 0. The summed E-state index contributed by atoms with van der Waals surface area (Å²) in [6, 6.07) is 0. The second-order valence-corrected chi connectivity index (χ2v) is 3.60. The topological polar surface area (TPSA) is 30.7 Å². The quantitative estimate of drug-likeness (QED) is 0.785. The zero-order chi connectivity index (χ0) is 11.6. The van der Waals surface area contributed by atoms with Crippen LogP contribution < -0.4 is 0 Å². The van der Waals surface area contributed by atoms with E-state index in [0.29, 0.717) is 11.6 Å². The van der Waals surface area contributed by atoms with Crippen LogP contribution in [0.3, 0.4) is 0 Å². The number of aromatic nitrogens is 3. The van der Waals surface area contributed by atoms with E-state index < -0.39 is 12.7 Å². The predicted molar refractivity (Wildman–Crippen MR) is 49.5 cm³/mol. The van der Waals surface area contributed by atoms with Crippen molar-refractivity contribution in [3.05, 3.63) is 11.6 Å². The van der Waals surface area contributed by atoms with E-state index in [1.54, 1.807) is 6.92 Å².